The molecule has 2 rings (SSSR count). The molecule has 1 aliphatic rings. The summed E-state index contributed by atoms with van der Waals surface area (Å²) in [6.45, 7) is 10.8. The van der Waals surface area contributed by atoms with Gasteiger partial charge in [-0.3, -0.25) is 4.90 Å². The Labute approximate surface area is 124 Å². The second-order valence-corrected chi connectivity index (χ2v) is 7.05. The second-order valence-electron chi connectivity index (χ2n) is 7.05. The van der Waals surface area contributed by atoms with Crippen molar-refractivity contribution in [3.05, 3.63) is 35.4 Å². The highest BCUT2D eigenvalue weighted by atomic mass is 15.1. The van der Waals surface area contributed by atoms with E-state index in [-0.39, 0.29) is 5.41 Å². The van der Waals surface area contributed by atoms with Gasteiger partial charge in [0.25, 0.3) is 0 Å². The van der Waals surface area contributed by atoms with Gasteiger partial charge >= 0.3 is 0 Å². The Hall–Kier alpha value is -0.860. The Morgan fingerprint density at radius 1 is 1.25 bits per heavy atom. The average Bonchev–Trinajstić information content (AvgIpc) is 3.23. The molecule has 2 N–H and O–H groups in total. The minimum atomic E-state index is 0.198. The molecule has 0 amide bonds. The van der Waals surface area contributed by atoms with Crippen LogP contribution in [0.4, 0.5) is 0 Å². The van der Waals surface area contributed by atoms with Crippen LogP contribution in [0.2, 0.25) is 0 Å². The SMILES string of the molecule is CCCN(Cc1ccccc1C1CC1)CC(C)(C)CN. The monoisotopic (exact) mass is 274 g/mol. The molecule has 0 spiro atoms. The van der Waals surface area contributed by atoms with Gasteiger partial charge in [0.2, 0.25) is 0 Å². The summed E-state index contributed by atoms with van der Waals surface area (Å²) in [6.07, 6.45) is 3.95. The van der Waals surface area contributed by atoms with Gasteiger partial charge in [-0.1, -0.05) is 45.0 Å². The molecule has 2 nitrogen and oxygen atoms in total. The van der Waals surface area contributed by atoms with Crippen LogP contribution in [-0.4, -0.2) is 24.5 Å². The van der Waals surface area contributed by atoms with Crippen LogP contribution < -0.4 is 5.73 Å². The van der Waals surface area contributed by atoms with Crippen molar-refractivity contribution in [1.82, 2.24) is 4.90 Å². The minimum absolute atomic E-state index is 0.198. The molecule has 0 bridgehead atoms. The number of rotatable bonds is 8. The third-order valence-corrected chi connectivity index (χ3v) is 4.21. The molecule has 0 unspecified atom stereocenters. The molecule has 0 radical (unpaired) electrons. The first-order valence-electron chi connectivity index (χ1n) is 8.06. The Morgan fingerprint density at radius 3 is 2.55 bits per heavy atom. The summed E-state index contributed by atoms with van der Waals surface area (Å²) >= 11 is 0. The molecule has 1 saturated carbocycles. The number of nitrogens with zero attached hydrogens (tertiary/aromatic N) is 1. The summed E-state index contributed by atoms with van der Waals surface area (Å²) in [5.41, 5.74) is 9.21. The standard InChI is InChI=1S/C18H30N2/c1-4-11-20(14-18(2,3)13-19)12-16-7-5-6-8-17(16)15-9-10-15/h5-8,15H,4,9-14,19H2,1-3H3. The lowest BCUT2D eigenvalue weighted by Crippen LogP contribution is -2.39. The van der Waals surface area contributed by atoms with E-state index in [0.717, 1.165) is 32.1 Å². The van der Waals surface area contributed by atoms with Crippen LogP contribution >= 0.6 is 0 Å². The van der Waals surface area contributed by atoms with E-state index in [2.05, 4.69) is 49.9 Å². The van der Waals surface area contributed by atoms with E-state index in [0.29, 0.717) is 0 Å². The Balaban J connectivity index is 2.07. The van der Waals surface area contributed by atoms with Gasteiger partial charge < -0.3 is 5.73 Å². The summed E-state index contributed by atoms with van der Waals surface area (Å²) in [6, 6.07) is 9.00. The zero-order chi connectivity index (χ0) is 14.6. The van der Waals surface area contributed by atoms with Crippen molar-refractivity contribution in [1.29, 1.82) is 0 Å². The van der Waals surface area contributed by atoms with Crippen LogP contribution in [0.5, 0.6) is 0 Å². The van der Waals surface area contributed by atoms with E-state index < -0.39 is 0 Å². The molecule has 112 valence electrons. The zero-order valence-electron chi connectivity index (χ0n) is 13.4. The van der Waals surface area contributed by atoms with Crippen LogP contribution in [0.3, 0.4) is 0 Å². The zero-order valence-corrected chi connectivity index (χ0v) is 13.4. The molecular weight excluding hydrogens is 244 g/mol. The van der Waals surface area contributed by atoms with Gasteiger partial charge in [0, 0.05) is 13.1 Å². The van der Waals surface area contributed by atoms with Crippen LogP contribution in [0.15, 0.2) is 24.3 Å². The van der Waals surface area contributed by atoms with Gasteiger partial charge in [0.15, 0.2) is 0 Å². The van der Waals surface area contributed by atoms with Crippen molar-refractivity contribution in [3.63, 3.8) is 0 Å². The van der Waals surface area contributed by atoms with Crippen molar-refractivity contribution in [2.45, 2.75) is 52.5 Å². The first kappa shape index (κ1) is 15.5. The van der Waals surface area contributed by atoms with E-state index in [1.54, 1.807) is 5.56 Å². The maximum Gasteiger partial charge on any atom is 0.0236 e. The maximum absolute atomic E-state index is 5.91. The fraction of sp³-hybridized carbons (Fsp3) is 0.667. The summed E-state index contributed by atoms with van der Waals surface area (Å²) < 4.78 is 0. The van der Waals surface area contributed by atoms with Gasteiger partial charge in [0.05, 0.1) is 0 Å². The lowest BCUT2D eigenvalue weighted by Gasteiger charge is -2.32. The fourth-order valence-electron chi connectivity index (χ4n) is 2.91. The normalized spacial score (nSPS) is 15.8. The number of benzene rings is 1. The maximum atomic E-state index is 5.91. The lowest BCUT2D eigenvalue weighted by atomic mass is 9.92. The van der Waals surface area contributed by atoms with Gasteiger partial charge in [-0.25, -0.2) is 0 Å². The Morgan fingerprint density at radius 2 is 1.95 bits per heavy atom. The first-order valence-corrected chi connectivity index (χ1v) is 8.06. The molecule has 1 aromatic rings. The number of hydrogen-bond acceptors (Lipinski definition) is 2. The predicted octanol–water partition coefficient (Wildman–Crippen LogP) is 3.76. The highest BCUT2D eigenvalue weighted by molar-refractivity contribution is 5.33. The summed E-state index contributed by atoms with van der Waals surface area (Å²) in [5.74, 6) is 0.831. The largest absolute Gasteiger partial charge is 0.330 e. The van der Waals surface area contributed by atoms with Gasteiger partial charge in [-0.05, 0) is 54.8 Å². The first-order chi connectivity index (χ1) is 9.55. The molecular formula is C18H30N2. The summed E-state index contributed by atoms with van der Waals surface area (Å²) in [5, 5.41) is 0. The molecule has 0 aromatic heterocycles. The quantitative estimate of drug-likeness (QED) is 0.782. The second kappa shape index (κ2) is 6.73. The Kier molecular flexibility index (Phi) is 5.22. The van der Waals surface area contributed by atoms with Crippen LogP contribution in [-0.2, 0) is 6.54 Å². The molecule has 0 aliphatic heterocycles. The summed E-state index contributed by atoms with van der Waals surface area (Å²) in [7, 11) is 0. The molecule has 1 aliphatic carbocycles. The van der Waals surface area contributed by atoms with Crippen molar-refractivity contribution in [3.8, 4) is 0 Å². The topological polar surface area (TPSA) is 29.3 Å². The average molecular weight is 274 g/mol. The minimum Gasteiger partial charge on any atom is -0.330 e. The summed E-state index contributed by atoms with van der Waals surface area (Å²) in [4.78, 5) is 2.58. The smallest absolute Gasteiger partial charge is 0.0236 e. The number of nitrogens with two attached hydrogens (primary N) is 1. The molecule has 20 heavy (non-hydrogen) atoms. The van der Waals surface area contributed by atoms with E-state index in [9.17, 15) is 0 Å². The lowest BCUT2D eigenvalue weighted by molar-refractivity contribution is 0.175. The van der Waals surface area contributed by atoms with E-state index in [4.69, 9.17) is 5.73 Å². The van der Waals surface area contributed by atoms with Gasteiger partial charge in [0.1, 0.15) is 0 Å². The highest BCUT2D eigenvalue weighted by Crippen LogP contribution is 2.41. The van der Waals surface area contributed by atoms with Crippen molar-refractivity contribution in [2.75, 3.05) is 19.6 Å². The van der Waals surface area contributed by atoms with E-state index >= 15 is 0 Å². The Bertz CT molecular complexity index is 421. The van der Waals surface area contributed by atoms with Crippen LogP contribution in [0.25, 0.3) is 0 Å². The van der Waals surface area contributed by atoms with Gasteiger partial charge in [-0.2, -0.15) is 0 Å². The third kappa shape index (κ3) is 4.32. The number of hydrogen-bond donors (Lipinski definition) is 1. The van der Waals surface area contributed by atoms with Crippen LogP contribution in [0.1, 0.15) is 57.1 Å². The molecule has 2 heteroatoms. The highest BCUT2D eigenvalue weighted by Gasteiger charge is 2.27. The van der Waals surface area contributed by atoms with Crippen molar-refractivity contribution >= 4 is 0 Å². The predicted molar refractivity (Wildman–Crippen MR) is 86.8 cm³/mol. The molecule has 0 atom stereocenters. The van der Waals surface area contributed by atoms with Gasteiger partial charge in [-0.15, -0.1) is 0 Å². The molecule has 0 saturated heterocycles. The molecule has 0 heterocycles. The molecule has 1 fully saturated rings. The molecule has 1 aromatic carbocycles. The third-order valence-electron chi connectivity index (χ3n) is 4.21. The van der Waals surface area contributed by atoms with E-state index in [1.165, 1.54) is 24.8 Å². The van der Waals surface area contributed by atoms with E-state index in [1.807, 2.05) is 0 Å². The van der Waals surface area contributed by atoms with Crippen molar-refractivity contribution < 1.29 is 0 Å². The van der Waals surface area contributed by atoms with Crippen LogP contribution in [0, 0.1) is 5.41 Å². The van der Waals surface area contributed by atoms with Crippen molar-refractivity contribution in [2.24, 2.45) is 11.1 Å². The fourth-order valence-corrected chi connectivity index (χ4v) is 2.91.